The molecule has 0 bridgehead atoms. The van der Waals surface area contributed by atoms with Gasteiger partial charge in [-0.2, -0.15) is 0 Å². The molecule has 0 saturated carbocycles. The number of ether oxygens (including phenoxy) is 1. The summed E-state index contributed by atoms with van der Waals surface area (Å²) in [6, 6.07) is 8.39. The number of carbonyl (C=O) groups is 1. The van der Waals surface area contributed by atoms with E-state index in [-0.39, 0.29) is 41.2 Å². The molecule has 4 rings (SSSR count). The maximum atomic E-state index is 13.8. The highest BCUT2D eigenvalue weighted by Crippen LogP contribution is 2.23. The number of hydrogen-bond donors (Lipinski definition) is 1. The summed E-state index contributed by atoms with van der Waals surface area (Å²) in [5, 5.41) is 0.234. The Bertz CT molecular complexity index is 1160. The molecule has 2 aromatic carbocycles. The molecular weight excluding hydrogens is 416 g/mol. The van der Waals surface area contributed by atoms with Gasteiger partial charge in [-0.1, -0.05) is 23.7 Å². The van der Waals surface area contributed by atoms with E-state index in [1.54, 1.807) is 24.3 Å². The van der Waals surface area contributed by atoms with Gasteiger partial charge in [0, 0.05) is 13.2 Å². The molecular formula is C21H18ClF2N3O3. The van der Waals surface area contributed by atoms with Gasteiger partial charge in [-0.15, -0.1) is 0 Å². The smallest absolute Gasteiger partial charge is 0.258 e. The van der Waals surface area contributed by atoms with E-state index in [1.807, 2.05) is 0 Å². The lowest BCUT2D eigenvalue weighted by molar-refractivity contribution is 0.0501. The number of nitrogens with zero attached hydrogens (tertiary/aromatic N) is 2. The van der Waals surface area contributed by atoms with Gasteiger partial charge in [0.25, 0.3) is 11.5 Å². The number of aromatic amines is 1. The van der Waals surface area contributed by atoms with Crippen molar-refractivity contribution in [3.8, 4) is 0 Å². The fourth-order valence-corrected chi connectivity index (χ4v) is 3.73. The predicted molar refractivity (Wildman–Crippen MR) is 107 cm³/mol. The Morgan fingerprint density at radius 1 is 1.27 bits per heavy atom. The van der Waals surface area contributed by atoms with Crippen molar-refractivity contribution in [2.24, 2.45) is 0 Å². The number of halogens is 3. The third kappa shape index (κ3) is 4.20. The van der Waals surface area contributed by atoms with Gasteiger partial charge in [0.2, 0.25) is 0 Å². The average Bonchev–Trinajstić information content (AvgIpc) is 3.23. The fraction of sp³-hybridized carbons (Fsp3) is 0.286. The first-order valence-electron chi connectivity index (χ1n) is 9.45. The molecule has 9 heteroatoms. The van der Waals surface area contributed by atoms with Crippen LogP contribution in [0.4, 0.5) is 8.78 Å². The first kappa shape index (κ1) is 20.4. The molecule has 30 heavy (non-hydrogen) atoms. The first-order chi connectivity index (χ1) is 14.4. The number of para-hydroxylation sites is 1. The van der Waals surface area contributed by atoms with Gasteiger partial charge in [-0.3, -0.25) is 9.59 Å². The van der Waals surface area contributed by atoms with E-state index < -0.39 is 17.5 Å². The van der Waals surface area contributed by atoms with Crippen molar-refractivity contribution in [3.63, 3.8) is 0 Å². The lowest BCUT2D eigenvalue weighted by atomic mass is 10.1. The van der Waals surface area contributed by atoms with Crippen LogP contribution in [-0.4, -0.2) is 40.0 Å². The maximum Gasteiger partial charge on any atom is 0.258 e. The van der Waals surface area contributed by atoms with Crippen molar-refractivity contribution in [1.29, 1.82) is 0 Å². The van der Waals surface area contributed by atoms with Crippen molar-refractivity contribution in [1.82, 2.24) is 14.9 Å². The largest absolute Gasteiger partial charge is 0.376 e. The van der Waals surface area contributed by atoms with Gasteiger partial charge in [-0.05, 0) is 37.1 Å². The quantitative estimate of drug-likeness (QED) is 0.623. The summed E-state index contributed by atoms with van der Waals surface area (Å²) in [6.45, 7) is 0.739. The van der Waals surface area contributed by atoms with Gasteiger partial charge < -0.3 is 14.6 Å². The topological polar surface area (TPSA) is 75.3 Å². The van der Waals surface area contributed by atoms with Crippen molar-refractivity contribution < 1.29 is 18.3 Å². The van der Waals surface area contributed by atoms with Gasteiger partial charge in [0.15, 0.2) is 11.6 Å². The molecule has 1 aliphatic heterocycles. The first-order valence-corrected chi connectivity index (χ1v) is 9.83. The number of carbonyl (C=O) groups excluding carboxylic acids is 1. The van der Waals surface area contributed by atoms with Gasteiger partial charge in [0.05, 0.1) is 34.1 Å². The molecule has 2 heterocycles. The van der Waals surface area contributed by atoms with E-state index in [9.17, 15) is 18.4 Å². The minimum Gasteiger partial charge on any atom is -0.376 e. The van der Waals surface area contributed by atoms with Crippen molar-refractivity contribution >= 4 is 28.4 Å². The molecule has 0 spiro atoms. The Labute approximate surface area is 175 Å². The van der Waals surface area contributed by atoms with Gasteiger partial charge in [0.1, 0.15) is 5.82 Å². The van der Waals surface area contributed by atoms with E-state index in [0.29, 0.717) is 17.5 Å². The number of benzene rings is 2. The summed E-state index contributed by atoms with van der Waals surface area (Å²) in [6.07, 6.45) is 1.42. The monoisotopic (exact) mass is 433 g/mol. The Hall–Kier alpha value is -2.84. The van der Waals surface area contributed by atoms with Crippen LogP contribution in [0.5, 0.6) is 0 Å². The van der Waals surface area contributed by atoms with E-state index in [1.165, 1.54) is 4.90 Å². The van der Waals surface area contributed by atoms with Crippen LogP contribution in [0.1, 0.15) is 29.0 Å². The molecule has 156 valence electrons. The minimum atomic E-state index is -1.17. The highest BCUT2D eigenvalue weighted by Gasteiger charge is 2.26. The van der Waals surface area contributed by atoms with Crippen molar-refractivity contribution in [2.75, 3.05) is 13.2 Å². The summed E-state index contributed by atoms with van der Waals surface area (Å²) in [4.78, 5) is 34.0. The van der Waals surface area contributed by atoms with Crippen molar-refractivity contribution in [3.05, 3.63) is 74.8 Å². The second-order valence-corrected chi connectivity index (χ2v) is 7.50. The van der Waals surface area contributed by atoms with E-state index in [4.69, 9.17) is 16.3 Å². The molecule has 1 fully saturated rings. The Morgan fingerprint density at radius 2 is 2.03 bits per heavy atom. The van der Waals surface area contributed by atoms with E-state index >= 15 is 0 Å². The number of nitrogens with one attached hydrogen (secondary N) is 1. The molecule has 1 aromatic heterocycles. The Balaban J connectivity index is 1.69. The molecule has 1 N–H and O–H groups in total. The molecule has 6 nitrogen and oxygen atoms in total. The molecule has 1 unspecified atom stereocenters. The summed E-state index contributed by atoms with van der Waals surface area (Å²) < 4.78 is 32.8. The van der Waals surface area contributed by atoms with E-state index in [2.05, 4.69) is 9.97 Å². The second-order valence-electron chi connectivity index (χ2n) is 7.10. The van der Waals surface area contributed by atoms with Crippen LogP contribution < -0.4 is 5.56 Å². The number of H-pyrrole nitrogens is 1. The van der Waals surface area contributed by atoms with Crippen LogP contribution in [0, 0.1) is 11.6 Å². The highest BCUT2D eigenvalue weighted by atomic mass is 35.5. The summed E-state index contributed by atoms with van der Waals surface area (Å²) in [5.41, 5.74) is -0.00528. The lowest BCUT2D eigenvalue weighted by Gasteiger charge is -2.25. The van der Waals surface area contributed by atoms with Gasteiger partial charge in [-0.25, -0.2) is 13.8 Å². The Morgan fingerprint density at radius 3 is 2.80 bits per heavy atom. The standard InChI is InChI=1S/C21H18ClF2N3O3/c22-15-9-17(24)16(23)8-14(15)21(29)27(10-12-4-3-7-30-12)11-19-25-18-6-2-1-5-13(18)20(28)26-19/h1-2,5-6,8-9,12H,3-4,7,10-11H2,(H,25,26,28). The number of hydrogen-bond acceptors (Lipinski definition) is 4. The number of fused-ring (bicyclic) bond motifs is 1. The normalized spacial score (nSPS) is 16.2. The van der Waals surface area contributed by atoms with Gasteiger partial charge >= 0.3 is 0 Å². The summed E-state index contributed by atoms with van der Waals surface area (Å²) in [7, 11) is 0. The zero-order valence-electron chi connectivity index (χ0n) is 15.8. The summed E-state index contributed by atoms with van der Waals surface area (Å²) >= 11 is 6.00. The van der Waals surface area contributed by atoms with Crippen LogP contribution in [0.25, 0.3) is 10.9 Å². The molecule has 1 aliphatic rings. The van der Waals surface area contributed by atoms with Crippen LogP contribution >= 0.6 is 11.6 Å². The predicted octanol–water partition coefficient (Wildman–Crippen LogP) is 3.68. The number of rotatable bonds is 5. The molecule has 0 radical (unpaired) electrons. The van der Waals surface area contributed by atoms with Crippen LogP contribution in [0.2, 0.25) is 5.02 Å². The van der Waals surface area contributed by atoms with Crippen LogP contribution in [0.15, 0.2) is 41.2 Å². The lowest BCUT2D eigenvalue weighted by Crippen LogP contribution is -2.38. The number of aromatic nitrogens is 2. The zero-order valence-corrected chi connectivity index (χ0v) is 16.6. The number of amides is 1. The third-order valence-electron chi connectivity index (χ3n) is 4.98. The molecule has 1 atom stereocenters. The molecule has 1 saturated heterocycles. The molecule has 0 aliphatic carbocycles. The fourth-order valence-electron chi connectivity index (χ4n) is 3.50. The second kappa shape index (κ2) is 8.49. The average molecular weight is 434 g/mol. The summed E-state index contributed by atoms with van der Waals surface area (Å²) in [5.74, 6) is -2.64. The van der Waals surface area contributed by atoms with Crippen molar-refractivity contribution in [2.45, 2.75) is 25.5 Å². The SMILES string of the molecule is O=C(c1cc(F)c(F)cc1Cl)N(Cc1nc2ccccc2c(=O)[nH]1)CC1CCCO1. The van der Waals surface area contributed by atoms with E-state index in [0.717, 1.165) is 25.0 Å². The maximum absolute atomic E-state index is 13.8. The highest BCUT2D eigenvalue weighted by molar-refractivity contribution is 6.33. The Kier molecular flexibility index (Phi) is 5.78. The molecule has 3 aromatic rings. The molecule has 1 amide bonds. The third-order valence-corrected chi connectivity index (χ3v) is 5.29. The van der Waals surface area contributed by atoms with Crippen LogP contribution in [-0.2, 0) is 11.3 Å². The zero-order chi connectivity index (χ0) is 21.3. The van der Waals surface area contributed by atoms with Crippen LogP contribution in [0.3, 0.4) is 0 Å². The minimum absolute atomic E-state index is 0.0475.